The molecule has 0 amide bonds. The van der Waals surface area contributed by atoms with Gasteiger partial charge in [-0.3, -0.25) is 0 Å². The first kappa shape index (κ1) is 25.0. The van der Waals surface area contributed by atoms with Gasteiger partial charge in [0.05, 0.1) is 15.6 Å². The summed E-state index contributed by atoms with van der Waals surface area (Å²) in [4.78, 5) is 11.3. The largest absolute Gasteiger partial charge is 0.362 e. The van der Waals surface area contributed by atoms with Gasteiger partial charge in [-0.2, -0.15) is 4.98 Å². The van der Waals surface area contributed by atoms with Crippen LogP contribution in [0.15, 0.2) is 47.4 Å². The maximum Gasteiger partial charge on any atom is 0.243 e. The number of rotatable bonds is 8. The van der Waals surface area contributed by atoms with Gasteiger partial charge in [-0.05, 0) is 61.8 Å². The fraction of sp³-hybridized carbons (Fsp3) is 0.417. The molecule has 182 valence electrons. The zero-order valence-electron chi connectivity index (χ0n) is 19.3. The lowest BCUT2D eigenvalue weighted by Gasteiger charge is -2.29. The minimum absolute atomic E-state index is 0.0521. The third-order valence-corrected chi connectivity index (χ3v) is 8.65. The van der Waals surface area contributed by atoms with E-state index in [0.717, 1.165) is 48.9 Å². The fourth-order valence-electron chi connectivity index (χ4n) is 4.39. The molecular formula is C24H29Cl2N5O2S. The summed E-state index contributed by atoms with van der Waals surface area (Å²) in [5.74, 6) is 2.30. The number of anilines is 2. The van der Waals surface area contributed by atoms with Crippen molar-refractivity contribution < 1.29 is 8.42 Å². The van der Waals surface area contributed by atoms with Crippen molar-refractivity contribution in [2.45, 2.75) is 30.6 Å². The van der Waals surface area contributed by atoms with E-state index in [9.17, 15) is 8.42 Å². The highest BCUT2D eigenvalue weighted by atomic mass is 35.5. The minimum Gasteiger partial charge on any atom is -0.362 e. The number of halogens is 2. The Morgan fingerprint density at radius 1 is 0.912 bits per heavy atom. The number of nitrogens with zero attached hydrogens (tertiary/aromatic N) is 3. The van der Waals surface area contributed by atoms with Crippen LogP contribution < -0.4 is 14.9 Å². The molecule has 1 heterocycles. The van der Waals surface area contributed by atoms with Crippen molar-refractivity contribution in [3.05, 3.63) is 52.5 Å². The maximum atomic E-state index is 12.7. The summed E-state index contributed by atoms with van der Waals surface area (Å²) in [6, 6.07) is 12.7. The predicted molar refractivity (Wildman–Crippen MR) is 139 cm³/mol. The number of hydrogen-bond donors (Lipinski definition) is 2. The Morgan fingerprint density at radius 2 is 1.53 bits per heavy atom. The summed E-state index contributed by atoms with van der Waals surface area (Å²) in [6.45, 7) is 1.17. The van der Waals surface area contributed by atoms with E-state index in [1.54, 1.807) is 6.07 Å². The molecule has 0 unspecified atom stereocenters. The van der Waals surface area contributed by atoms with Gasteiger partial charge in [-0.15, -0.1) is 0 Å². The average Bonchev–Trinajstić information content (AvgIpc) is 2.81. The molecule has 34 heavy (non-hydrogen) atoms. The Bertz CT molecular complexity index is 1240. The molecule has 7 nitrogen and oxygen atoms in total. The number of benzene rings is 2. The molecule has 2 N–H and O–H groups in total. The zero-order chi connectivity index (χ0) is 24.3. The predicted octanol–water partition coefficient (Wildman–Crippen LogP) is 5.20. The molecule has 0 aliphatic heterocycles. The van der Waals surface area contributed by atoms with Crippen LogP contribution in [0.4, 0.5) is 11.8 Å². The van der Waals surface area contributed by atoms with Crippen molar-refractivity contribution in [3.63, 3.8) is 0 Å². The van der Waals surface area contributed by atoms with E-state index in [2.05, 4.69) is 15.0 Å². The molecule has 1 aromatic heterocycles. The second kappa shape index (κ2) is 10.6. The molecule has 10 heteroatoms. The van der Waals surface area contributed by atoms with E-state index in [0.29, 0.717) is 18.4 Å². The maximum absolute atomic E-state index is 12.7. The Hall–Kier alpha value is -2.13. The normalized spacial score (nSPS) is 18.7. The van der Waals surface area contributed by atoms with E-state index in [1.807, 2.05) is 43.3 Å². The first-order valence-electron chi connectivity index (χ1n) is 11.4. The molecular weight excluding hydrogens is 493 g/mol. The van der Waals surface area contributed by atoms with Gasteiger partial charge in [0.2, 0.25) is 16.0 Å². The fourth-order valence-corrected chi connectivity index (χ4v) is 6.65. The lowest BCUT2D eigenvalue weighted by atomic mass is 9.82. The van der Waals surface area contributed by atoms with Crippen molar-refractivity contribution in [2.75, 3.05) is 37.4 Å². The molecule has 0 spiro atoms. The van der Waals surface area contributed by atoms with Gasteiger partial charge in [0.15, 0.2) is 0 Å². The first-order valence-corrected chi connectivity index (χ1v) is 13.6. The van der Waals surface area contributed by atoms with Gasteiger partial charge in [-0.1, -0.05) is 41.4 Å². The third-order valence-electron chi connectivity index (χ3n) is 6.27. The third kappa shape index (κ3) is 5.74. The Balaban J connectivity index is 1.30. The summed E-state index contributed by atoms with van der Waals surface area (Å²) in [7, 11) is 0.203. The topological polar surface area (TPSA) is 87.2 Å². The summed E-state index contributed by atoms with van der Waals surface area (Å²) in [5.41, 5.74) is 0.915. The molecule has 0 bridgehead atoms. The summed E-state index contributed by atoms with van der Waals surface area (Å²) in [6.07, 6.45) is 3.93. The lowest BCUT2D eigenvalue weighted by molar-refractivity contribution is 0.284. The molecule has 1 aliphatic carbocycles. The second-order valence-corrected chi connectivity index (χ2v) is 11.5. The van der Waals surface area contributed by atoms with Crippen molar-refractivity contribution >= 4 is 55.9 Å². The highest BCUT2D eigenvalue weighted by Crippen LogP contribution is 2.31. The SMILES string of the molecule is CN(C)c1nc(NCC2CCC(CNS(=O)(=O)c3c(Cl)cccc3Cl)CC2)nc2ccccc12. The first-order chi connectivity index (χ1) is 16.2. The molecule has 2 aromatic carbocycles. The van der Waals surface area contributed by atoms with Crippen LogP contribution >= 0.6 is 23.2 Å². The molecule has 1 saturated carbocycles. The molecule has 1 fully saturated rings. The van der Waals surface area contributed by atoms with E-state index < -0.39 is 10.0 Å². The molecule has 3 aromatic rings. The van der Waals surface area contributed by atoms with Gasteiger partial charge in [-0.25, -0.2) is 18.1 Å². The van der Waals surface area contributed by atoms with Gasteiger partial charge >= 0.3 is 0 Å². The average molecular weight is 523 g/mol. The van der Waals surface area contributed by atoms with Gasteiger partial charge in [0.1, 0.15) is 10.7 Å². The molecule has 0 radical (unpaired) electrons. The smallest absolute Gasteiger partial charge is 0.243 e. The van der Waals surface area contributed by atoms with Crippen molar-refractivity contribution in [1.82, 2.24) is 14.7 Å². The number of aromatic nitrogens is 2. The Labute approximate surface area is 210 Å². The molecule has 1 aliphatic rings. The Morgan fingerprint density at radius 3 is 2.18 bits per heavy atom. The Kier molecular flexibility index (Phi) is 7.82. The van der Waals surface area contributed by atoms with E-state index in [4.69, 9.17) is 28.2 Å². The van der Waals surface area contributed by atoms with Crippen LogP contribution in [-0.4, -0.2) is 45.6 Å². The molecule has 0 saturated heterocycles. The van der Waals surface area contributed by atoms with Crippen LogP contribution in [0.2, 0.25) is 10.0 Å². The van der Waals surface area contributed by atoms with Crippen LogP contribution in [0, 0.1) is 11.8 Å². The molecule has 4 rings (SSSR count). The highest BCUT2D eigenvalue weighted by molar-refractivity contribution is 7.89. The number of para-hydroxylation sites is 1. The van der Waals surface area contributed by atoms with Crippen LogP contribution in [0.3, 0.4) is 0 Å². The van der Waals surface area contributed by atoms with Crippen LogP contribution in [0.25, 0.3) is 10.9 Å². The van der Waals surface area contributed by atoms with Crippen molar-refractivity contribution in [3.8, 4) is 0 Å². The summed E-state index contributed by atoms with van der Waals surface area (Å²) < 4.78 is 28.1. The standard InChI is InChI=1S/C24H29Cl2N5O2S/c1-31(2)23-18-6-3-4-9-21(18)29-24(30-23)27-14-16-10-12-17(13-11-16)15-28-34(32,33)22-19(25)7-5-8-20(22)26/h3-9,16-17,28H,10-15H2,1-2H3,(H,27,29,30). The number of nitrogens with one attached hydrogen (secondary N) is 2. The zero-order valence-corrected chi connectivity index (χ0v) is 21.6. The van der Waals surface area contributed by atoms with Crippen molar-refractivity contribution in [1.29, 1.82) is 0 Å². The van der Waals surface area contributed by atoms with Crippen molar-refractivity contribution in [2.24, 2.45) is 11.8 Å². The van der Waals surface area contributed by atoms with Gasteiger partial charge in [0, 0.05) is 32.6 Å². The van der Waals surface area contributed by atoms with Crippen LogP contribution in [0.1, 0.15) is 25.7 Å². The highest BCUT2D eigenvalue weighted by Gasteiger charge is 2.26. The van der Waals surface area contributed by atoms with E-state index >= 15 is 0 Å². The van der Waals surface area contributed by atoms with Gasteiger partial charge < -0.3 is 10.2 Å². The minimum atomic E-state index is -3.76. The van der Waals surface area contributed by atoms with Crippen LogP contribution in [0.5, 0.6) is 0 Å². The molecule has 0 atom stereocenters. The quantitative estimate of drug-likeness (QED) is 0.423. The second-order valence-electron chi connectivity index (χ2n) is 8.95. The summed E-state index contributed by atoms with van der Waals surface area (Å²) in [5, 5.41) is 4.70. The monoisotopic (exact) mass is 521 g/mol. The number of sulfonamides is 1. The lowest BCUT2D eigenvalue weighted by Crippen LogP contribution is -2.32. The number of hydrogen-bond acceptors (Lipinski definition) is 6. The van der Waals surface area contributed by atoms with E-state index in [-0.39, 0.29) is 20.9 Å². The number of fused-ring (bicyclic) bond motifs is 1. The summed E-state index contributed by atoms with van der Waals surface area (Å²) >= 11 is 12.2. The van der Waals surface area contributed by atoms with E-state index in [1.165, 1.54) is 12.1 Å². The van der Waals surface area contributed by atoms with Crippen LogP contribution in [-0.2, 0) is 10.0 Å². The van der Waals surface area contributed by atoms with Gasteiger partial charge in [0.25, 0.3) is 0 Å².